The molecule has 0 aliphatic heterocycles. The van der Waals surface area contributed by atoms with Crippen LogP contribution in [0.2, 0.25) is 0 Å². The van der Waals surface area contributed by atoms with Crippen LogP contribution in [0.25, 0.3) is 0 Å². The SMILES string of the molecule is C=C(C)C(=O)Cc1ccc(C)cc1C(=O)c1ccccc1.C=C(C)C(=O)OCc1cnc(C)c(O)c1/C=N/NC(=O)c1ccncc1. The number of aromatic hydroxyl groups is 1. The van der Waals surface area contributed by atoms with Crippen molar-refractivity contribution in [3.05, 3.63) is 148 Å². The molecule has 0 saturated carbocycles. The van der Waals surface area contributed by atoms with E-state index in [1.54, 1.807) is 38.1 Å². The summed E-state index contributed by atoms with van der Waals surface area (Å²) in [7, 11) is 0. The second-order valence-corrected chi connectivity index (χ2v) is 10.7. The number of nitrogens with one attached hydrogen (secondary N) is 1. The van der Waals surface area contributed by atoms with Crippen molar-refractivity contribution in [1.29, 1.82) is 0 Å². The molecule has 0 bridgehead atoms. The molecule has 10 heteroatoms. The van der Waals surface area contributed by atoms with Gasteiger partial charge in [-0.15, -0.1) is 0 Å². The summed E-state index contributed by atoms with van der Waals surface area (Å²) in [6.07, 6.45) is 5.93. The van der Waals surface area contributed by atoms with Crippen LogP contribution in [0.1, 0.15) is 68.1 Å². The fourth-order valence-electron chi connectivity index (χ4n) is 4.03. The fraction of sp³-hybridized carbons (Fsp3) is 0.162. The van der Waals surface area contributed by atoms with Crippen molar-refractivity contribution >= 4 is 29.7 Å². The number of aromatic nitrogens is 2. The Morgan fingerprint density at radius 1 is 0.915 bits per heavy atom. The highest BCUT2D eigenvalue weighted by atomic mass is 16.5. The Kier molecular flexibility index (Phi) is 12.7. The molecular weight excluding hydrogens is 596 g/mol. The normalized spacial score (nSPS) is 10.4. The molecule has 2 heterocycles. The summed E-state index contributed by atoms with van der Waals surface area (Å²) < 4.78 is 5.08. The number of nitrogens with zero attached hydrogens (tertiary/aromatic N) is 3. The number of amides is 1. The third-order valence-corrected chi connectivity index (χ3v) is 6.74. The summed E-state index contributed by atoms with van der Waals surface area (Å²) in [5.41, 5.74) is 7.59. The van der Waals surface area contributed by atoms with Gasteiger partial charge in [-0.25, -0.2) is 10.2 Å². The summed E-state index contributed by atoms with van der Waals surface area (Å²) in [6, 6.07) is 17.8. The summed E-state index contributed by atoms with van der Waals surface area (Å²) in [5, 5.41) is 14.1. The molecule has 4 aromatic rings. The number of ether oxygens (including phenoxy) is 1. The number of Topliss-reactive ketones (excluding diaryl/α,β-unsaturated/α-hetero) is 1. The quantitative estimate of drug-likeness (QED) is 0.0695. The predicted octanol–water partition coefficient (Wildman–Crippen LogP) is 5.79. The van der Waals surface area contributed by atoms with Gasteiger partial charge in [-0.1, -0.05) is 61.2 Å². The number of benzene rings is 2. The van der Waals surface area contributed by atoms with E-state index in [4.69, 9.17) is 4.74 Å². The lowest BCUT2D eigenvalue weighted by molar-refractivity contribution is -0.140. The van der Waals surface area contributed by atoms with Gasteiger partial charge in [0.2, 0.25) is 0 Å². The van der Waals surface area contributed by atoms with Crippen LogP contribution < -0.4 is 5.43 Å². The van der Waals surface area contributed by atoms with Crippen molar-refractivity contribution in [3.8, 4) is 5.75 Å². The molecule has 0 radical (unpaired) electrons. The molecule has 0 aliphatic carbocycles. The molecule has 47 heavy (non-hydrogen) atoms. The van der Waals surface area contributed by atoms with E-state index in [9.17, 15) is 24.3 Å². The van der Waals surface area contributed by atoms with E-state index in [2.05, 4.69) is 33.7 Å². The smallest absolute Gasteiger partial charge is 0.333 e. The van der Waals surface area contributed by atoms with Gasteiger partial charge < -0.3 is 9.84 Å². The van der Waals surface area contributed by atoms with E-state index in [-0.39, 0.29) is 35.9 Å². The summed E-state index contributed by atoms with van der Waals surface area (Å²) in [4.78, 5) is 55.9. The first kappa shape index (κ1) is 35.4. The number of hydrazone groups is 1. The standard InChI is InChI=1S/C19H18O2.C18H18N4O4/c1-13(2)18(20)12-16-10-9-14(3)11-17(16)19(21)15-7-5-4-6-8-15;1-11(2)18(25)26-10-14-8-20-12(3)16(23)15(14)9-21-22-17(24)13-4-6-19-7-5-13/h4-11H,1,12H2,2-3H3;4-9,23H,1,10H2,2-3H3,(H,22,24)/b;21-9+. The Morgan fingerprint density at radius 3 is 2.23 bits per heavy atom. The highest BCUT2D eigenvalue weighted by Gasteiger charge is 2.16. The number of carbonyl (C=O) groups excluding carboxylic acids is 4. The molecular formula is C37H36N4O6. The summed E-state index contributed by atoms with van der Waals surface area (Å²) in [6.45, 7) is 13.8. The number of pyridine rings is 2. The Balaban J connectivity index is 0.000000261. The van der Waals surface area contributed by atoms with Crippen molar-refractivity contribution in [2.24, 2.45) is 5.10 Å². The number of aryl methyl sites for hydroxylation is 2. The lowest BCUT2D eigenvalue weighted by Gasteiger charge is -2.10. The van der Waals surface area contributed by atoms with Gasteiger partial charge in [-0.05, 0) is 57.0 Å². The first-order valence-corrected chi connectivity index (χ1v) is 14.5. The Hall–Kier alpha value is -6.03. The monoisotopic (exact) mass is 632 g/mol. The van der Waals surface area contributed by atoms with Crippen LogP contribution in [0.3, 0.4) is 0 Å². The van der Waals surface area contributed by atoms with Crippen LogP contribution >= 0.6 is 0 Å². The second kappa shape index (κ2) is 16.9. The van der Waals surface area contributed by atoms with Gasteiger partial charge in [0, 0.05) is 58.4 Å². The fourth-order valence-corrected chi connectivity index (χ4v) is 4.03. The molecule has 240 valence electrons. The van der Waals surface area contributed by atoms with Crippen LogP contribution in [0.4, 0.5) is 0 Å². The highest BCUT2D eigenvalue weighted by molar-refractivity contribution is 6.11. The van der Waals surface area contributed by atoms with Gasteiger partial charge >= 0.3 is 5.97 Å². The molecule has 2 aromatic carbocycles. The Morgan fingerprint density at radius 2 is 1.60 bits per heavy atom. The average molecular weight is 633 g/mol. The van der Waals surface area contributed by atoms with E-state index in [0.717, 1.165) is 11.1 Å². The molecule has 4 rings (SSSR count). The maximum absolute atomic E-state index is 12.6. The van der Waals surface area contributed by atoms with Crippen molar-refractivity contribution in [1.82, 2.24) is 15.4 Å². The molecule has 0 atom stereocenters. The number of rotatable bonds is 11. The lowest BCUT2D eigenvalue weighted by atomic mass is 9.93. The predicted molar refractivity (Wildman–Crippen MR) is 179 cm³/mol. The van der Waals surface area contributed by atoms with E-state index in [0.29, 0.717) is 39.1 Å². The first-order valence-electron chi connectivity index (χ1n) is 14.5. The van der Waals surface area contributed by atoms with Crippen LogP contribution in [0.15, 0.2) is 109 Å². The van der Waals surface area contributed by atoms with Crippen molar-refractivity contribution < 1.29 is 29.0 Å². The number of hydrogen-bond donors (Lipinski definition) is 2. The number of hydrogen-bond acceptors (Lipinski definition) is 9. The Bertz CT molecular complexity index is 1830. The van der Waals surface area contributed by atoms with E-state index in [1.807, 2.05) is 43.3 Å². The molecule has 10 nitrogen and oxygen atoms in total. The third-order valence-electron chi connectivity index (χ3n) is 6.74. The summed E-state index contributed by atoms with van der Waals surface area (Å²) >= 11 is 0. The van der Waals surface area contributed by atoms with Crippen molar-refractivity contribution in [2.45, 2.75) is 40.7 Å². The largest absolute Gasteiger partial charge is 0.505 e. The van der Waals surface area contributed by atoms with Crippen molar-refractivity contribution in [3.63, 3.8) is 0 Å². The lowest BCUT2D eigenvalue weighted by Crippen LogP contribution is -2.17. The molecule has 2 aromatic heterocycles. The van der Waals surface area contributed by atoms with Gasteiger partial charge in [0.15, 0.2) is 11.6 Å². The van der Waals surface area contributed by atoms with Crippen LogP contribution in [-0.4, -0.2) is 44.7 Å². The zero-order valence-electron chi connectivity index (χ0n) is 26.7. The molecule has 0 saturated heterocycles. The minimum atomic E-state index is -0.557. The summed E-state index contributed by atoms with van der Waals surface area (Å²) in [5.74, 6) is -1.19. The maximum atomic E-state index is 12.6. The minimum absolute atomic E-state index is 0.0408. The Labute approximate surface area is 273 Å². The van der Waals surface area contributed by atoms with Crippen molar-refractivity contribution in [2.75, 3.05) is 0 Å². The van der Waals surface area contributed by atoms with Gasteiger partial charge in [0.05, 0.1) is 11.9 Å². The highest BCUT2D eigenvalue weighted by Crippen LogP contribution is 2.23. The minimum Gasteiger partial charge on any atom is -0.505 e. The van der Waals surface area contributed by atoms with Gasteiger partial charge in [-0.3, -0.25) is 24.4 Å². The topological polar surface area (TPSA) is 148 Å². The maximum Gasteiger partial charge on any atom is 0.333 e. The zero-order valence-corrected chi connectivity index (χ0v) is 26.7. The van der Waals surface area contributed by atoms with Crippen LogP contribution in [-0.2, 0) is 27.4 Å². The number of esters is 1. The van der Waals surface area contributed by atoms with Gasteiger partial charge in [-0.2, -0.15) is 5.10 Å². The average Bonchev–Trinajstić information content (AvgIpc) is 3.07. The molecule has 0 unspecified atom stereocenters. The van der Waals surface area contributed by atoms with E-state index >= 15 is 0 Å². The first-order chi connectivity index (χ1) is 22.4. The third kappa shape index (κ3) is 10.3. The van der Waals surface area contributed by atoms with E-state index in [1.165, 1.54) is 31.7 Å². The number of ketones is 2. The van der Waals surface area contributed by atoms with Gasteiger partial charge in [0.1, 0.15) is 12.4 Å². The van der Waals surface area contributed by atoms with Crippen LogP contribution in [0.5, 0.6) is 5.75 Å². The van der Waals surface area contributed by atoms with Crippen LogP contribution in [0, 0.1) is 13.8 Å². The molecule has 1 amide bonds. The second-order valence-electron chi connectivity index (χ2n) is 10.7. The number of carbonyl (C=O) groups is 4. The molecule has 0 fully saturated rings. The van der Waals surface area contributed by atoms with Gasteiger partial charge in [0.25, 0.3) is 5.91 Å². The van der Waals surface area contributed by atoms with E-state index < -0.39 is 11.9 Å². The molecule has 0 aliphatic rings. The molecule has 2 N–H and O–H groups in total. The molecule has 0 spiro atoms. The zero-order chi connectivity index (χ0) is 34.5. The number of allylic oxidation sites excluding steroid dienone is 1.